The van der Waals surface area contributed by atoms with E-state index < -0.39 is 0 Å². The fourth-order valence-corrected chi connectivity index (χ4v) is 16.2. The highest BCUT2D eigenvalue weighted by Gasteiger charge is 2.41. The molecule has 0 radical (unpaired) electrons. The second kappa shape index (κ2) is 15.0. The number of anilines is 2. The van der Waals surface area contributed by atoms with Crippen LogP contribution in [0.1, 0.15) is 156 Å². The zero-order chi connectivity index (χ0) is 51.6. The number of hydrogen-bond donors (Lipinski definition) is 1. The van der Waals surface area contributed by atoms with Gasteiger partial charge in [0.2, 0.25) is 7.28 Å². The first-order valence-corrected chi connectivity index (χ1v) is 29.0. The molecule has 0 saturated carbocycles. The van der Waals surface area contributed by atoms with Gasteiger partial charge in [0.15, 0.2) is 0 Å². The quantitative estimate of drug-likeness (QED) is 0.179. The summed E-state index contributed by atoms with van der Waals surface area (Å²) in [5.41, 5.74) is 21.0. The second-order valence-electron chi connectivity index (χ2n) is 27.5. The van der Waals surface area contributed by atoms with Crippen molar-refractivity contribution in [3.63, 3.8) is 0 Å². The maximum absolute atomic E-state index is 7.44. The van der Waals surface area contributed by atoms with Gasteiger partial charge < -0.3 is 14.3 Å². The molecule has 0 fully saturated rings. The van der Waals surface area contributed by atoms with Gasteiger partial charge in [-0.1, -0.05) is 133 Å². The molecule has 7 aromatic carbocycles. The summed E-state index contributed by atoms with van der Waals surface area (Å²) in [5, 5.41) is 13.2. The molecule has 0 bridgehead atoms. The zero-order valence-corrected chi connectivity index (χ0v) is 47.7. The third-order valence-electron chi connectivity index (χ3n) is 18.6. The van der Waals surface area contributed by atoms with Crippen LogP contribution in [0.2, 0.25) is 0 Å². The number of fused-ring (bicyclic) bond motifs is 16. The summed E-state index contributed by atoms with van der Waals surface area (Å²) in [6.45, 7) is 33.6. The minimum Gasteiger partial charge on any atom is -0.455 e. The van der Waals surface area contributed by atoms with E-state index >= 15 is 0 Å². The van der Waals surface area contributed by atoms with Gasteiger partial charge in [-0.15, -0.1) is 22.7 Å². The summed E-state index contributed by atoms with van der Waals surface area (Å²) >= 11 is 3.97. The van der Waals surface area contributed by atoms with Crippen molar-refractivity contribution >= 4 is 126 Å². The first-order chi connectivity index (χ1) is 34.9. The van der Waals surface area contributed by atoms with E-state index in [0.29, 0.717) is 0 Å². The Labute approximate surface area is 445 Å². The van der Waals surface area contributed by atoms with Crippen molar-refractivity contribution in [3.05, 3.63) is 137 Å². The first kappa shape index (κ1) is 46.7. The highest BCUT2D eigenvalue weighted by atomic mass is 32.1. The summed E-state index contributed by atoms with van der Waals surface area (Å²) in [4.78, 5) is 0. The van der Waals surface area contributed by atoms with Crippen molar-refractivity contribution in [2.45, 2.75) is 155 Å². The number of furan rings is 1. The number of para-hydroxylation sites is 1. The Hall–Kier alpha value is -5.82. The van der Waals surface area contributed by atoms with Gasteiger partial charge in [0, 0.05) is 74.3 Å². The Morgan fingerprint density at radius 2 is 1.09 bits per heavy atom. The molecule has 74 heavy (non-hydrogen) atoms. The van der Waals surface area contributed by atoms with Gasteiger partial charge in [-0.2, -0.15) is 0 Å². The van der Waals surface area contributed by atoms with E-state index in [0.717, 1.165) is 29.8 Å². The van der Waals surface area contributed by atoms with Crippen LogP contribution >= 0.6 is 22.7 Å². The number of nitrogens with one attached hydrogen (secondary N) is 1. The van der Waals surface area contributed by atoms with E-state index in [1.165, 1.54) is 149 Å². The maximum atomic E-state index is 7.44. The number of aromatic nitrogens is 1. The van der Waals surface area contributed by atoms with E-state index in [4.69, 9.17) is 4.42 Å². The highest BCUT2D eigenvalue weighted by Crippen LogP contribution is 2.54. The van der Waals surface area contributed by atoms with Gasteiger partial charge in [0.05, 0.1) is 16.7 Å². The number of nitrogens with zero attached hydrogens (tertiary/aromatic N) is 1. The molecular formula is C68H69BN2OS2. The predicted molar refractivity (Wildman–Crippen MR) is 326 cm³/mol. The highest BCUT2D eigenvalue weighted by molar-refractivity contribution is 7.29. The molecule has 0 saturated heterocycles. The van der Waals surface area contributed by atoms with Crippen molar-refractivity contribution in [2.75, 3.05) is 5.32 Å². The van der Waals surface area contributed by atoms with Gasteiger partial charge in [-0.25, -0.2) is 0 Å². The smallest absolute Gasteiger partial charge is 0.211 e. The molecule has 0 unspecified atom stereocenters. The van der Waals surface area contributed by atoms with Crippen molar-refractivity contribution < 1.29 is 4.42 Å². The van der Waals surface area contributed by atoms with Gasteiger partial charge in [0.1, 0.15) is 11.2 Å². The van der Waals surface area contributed by atoms with Crippen LogP contribution in [0.25, 0.3) is 90.8 Å². The lowest BCUT2D eigenvalue weighted by Crippen LogP contribution is -2.35. The molecule has 372 valence electrons. The van der Waals surface area contributed by atoms with E-state index in [2.05, 4.69) is 210 Å². The molecule has 14 rings (SSSR count). The fourth-order valence-electron chi connectivity index (χ4n) is 13.8. The molecule has 5 heterocycles. The predicted octanol–water partition coefficient (Wildman–Crippen LogP) is 18.7. The third kappa shape index (κ3) is 6.62. The Kier molecular flexibility index (Phi) is 9.45. The average molecular weight is 1010 g/mol. The van der Waals surface area contributed by atoms with Crippen LogP contribution in [-0.4, -0.2) is 11.8 Å². The van der Waals surface area contributed by atoms with E-state index in [1.807, 2.05) is 22.7 Å². The molecule has 11 aromatic rings. The standard InChI is InChI=1S/C68H69BN2OS2/c1-63(2,3)36-19-22-38(23-20-36)70-49-32-41-40-30-45-47(67(11,12)27-25-65(45,7)8)34-53(40)73-52(41)33-42(49)57-58-60-55(56-39-17-15-16-18-51(39)72-61(56)57)43-29-37(64(4,5)6)21-24-50(43)71(60)59-44-31-46-48(35-54(44)74-62(59)69-58)68(13,14)28-26-66(46,9)10/h15-24,29-35,69-70H,25-28H2,1-14H3. The Balaban J connectivity index is 1.13. The Morgan fingerprint density at radius 3 is 1.73 bits per heavy atom. The minimum atomic E-state index is -0.0308. The molecule has 3 aliphatic rings. The molecule has 3 nitrogen and oxygen atoms in total. The monoisotopic (exact) mass is 1000 g/mol. The van der Waals surface area contributed by atoms with Gasteiger partial charge in [0.25, 0.3) is 0 Å². The first-order valence-electron chi connectivity index (χ1n) is 27.4. The Bertz CT molecular complexity index is 4260. The molecule has 4 aromatic heterocycles. The van der Waals surface area contributed by atoms with Crippen molar-refractivity contribution in [1.29, 1.82) is 0 Å². The summed E-state index contributed by atoms with van der Waals surface area (Å²) in [5.74, 6) is 0. The van der Waals surface area contributed by atoms with Gasteiger partial charge in [-0.05, 0) is 169 Å². The lowest BCUT2D eigenvalue weighted by atomic mass is 9.62. The number of thiophene rings is 2. The summed E-state index contributed by atoms with van der Waals surface area (Å²) in [6.07, 6.45) is 4.77. The maximum Gasteiger partial charge on any atom is 0.211 e. The van der Waals surface area contributed by atoms with Crippen LogP contribution in [0.15, 0.2) is 108 Å². The van der Waals surface area contributed by atoms with Crippen LogP contribution in [0, 0.1) is 0 Å². The second-order valence-corrected chi connectivity index (χ2v) is 29.7. The van der Waals surface area contributed by atoms with Gasteiger partial charge in [-0.3, -0.25) is 0 Å². The zero-order valence-electron chi connectivity index (χ0n) is 46.0. The lowest BCUT2D eigenvalue weighted by Gasteiger charge is -2.42. The van der Waals surface area contributed by atoms with Crippen LogP contribution in [0.3, 0.4) is 0 Å². The number of hydrogen-bond acceptors (Lipinski definition) is 4. The summed E-state index contributed by atoms with van der Waals surface area (Å²) in [7, 11) is 0.814. The van der Waals surface area contributed by atoms with E-state index in [-0.39, 0.29) is 32.5 Å². The summed E-state index contributed by atoms with van der Waals surface area (Å²) in [6, 6.07) is 40.7. The molecule has 2 aliphatic carbocycles. The van der Waals surface area contributed by atoms with Crippen molar-refractivity contribution in [3.8, 4) is 16.8 Å². The average Bonchev–Trinajstić information content (AvgIpc) is 4.14. The topological polar surface area (TPSA) is 30.1 Å². The van der Waals surface area contributed by atoms with E-state index in [9.17, 15) is 0 Å². The normalized spacial score (nSPS) is 17.6. The number of benzene rings is 7. The Morgan fingerprint density at radius 1 is 0.541 bits per heavy atom. The molecule has 6 heteroatoms. The van der Waals surface area contributed by atoms with Crippen molar-refractivity contribution in [1.82, 2.24) is 4.57 Å². The molecule has 0 atom stereocenters. The minimum absolute atomic E-state index is 0.0308. The molecule has 0 spiro atoms. The van der Waals surface area contributed by atoms with Crippen LogP contribution < -0.4 is 15.6 Å². The SMILES string of the molecule is CC(C)(C)c1ccc(Nc2cc3c(cc2-c2c4c5c(c6cc(C(C)(C)C)ccc6n5-c5c(sc6cc7c(cc56)C(C)(C)CCC7(C)C)B4)c4c2oc2ccccc24)sc2cc4c(cc23)C(C)(C)CCC4(C)C)cc1. The van der Waals surface area contributed by atoms with Gasteiger partial charge >= 0.3 is 0 Å². The van der Waals surface area contributed by atoms with Crippen molar-refractivity contribution in [2.24, 2.45) is 0 Å². The fraction of sp³-hybridized carbons (Fsp3) is 0.353. The lowest BCUT2D eigenvalue weighted by molar-refractivity contribution is 0.332. The molecule has 1 aliphatic heterocycles. The molecular weight excluding hydrogens is 936 g/mol. The molecule has 1 N–H and O–H groups in total. The largest absolute Gasteiger partial charge is 0.455 e. The van der Waals surface area contributed by atoms with Crippen LogP contribution in [0.5, 0.6) is 0 Å². The van der Waals surface area contributed by atoms with E-state index in [1.54, 1.807) is 0 Å². The third-order valence-corrected chi connectivity index (χ3v) is 20.9. The number of rotatable bonds is 3. The van der Waals surface area contributed by atoms with Crippen LogP contribution in [-0.2, 0) is 32.5 Å². The molecule has 0 amide bonds. The van der Waals surface area contributed by atoms with Crippen LogP contribution in [0.4, 0.5) is 11.4 Å². The summed E-state index contributed by atoms with van der Waals surface area (Å²) < 4.78 is 15.6.